The van der Waals surface area contributed by atoms with Crippen LogP contribution in [0.2, 0.25) is 0 Å². The summed E-state index contributed by atoms with van der Waals surface area (Å²) < 4.78 is 4.92. The van der Waals surface area contributed by atoms with E-state index in [0.29, 0.717) is 0 Å². The van der Waals surface area contributed by atoms with E-state index >= 15 is 0 Å². The summed E-state index contributed by atoms with van der Waals surface area (Å²) in [4.78, 5) is 20.8. The van der Waals surface area contributed by atoms with E-state index in [9.17, 15) is 9.59 Å². The summed E-state index contributed by atoms with van der Waals surface area (Å²) in [5.41, 5.74) is 9.77. The first-order valence-corrected chi connectivity index (χ1v) is 4.61. The lowest BCUT2D eigenvalue weighted by atomic mass is 10.2. The molecule has 1 unspecified atom stereocenters. The second-order valence-corrected chi connectivity index (χ2v) is 2.92. The van der Waals surface area contributed by atoms with Crippen LogP contribution in [0.15, 0.2) is 0 Å². The molecule has 6 N–H and O–H groups in total. The Morgan fingerprint density at radius 3 is 2.53 bits per heavy atom. The average molecular weight is 234 g/mol. The average Bonchev–Trinajstić information content (AvgIpc) is 2.14. The van der Waals surface area contributed by atoms with Gasteiger partial charge in [0.1, 0.15) is 6.73 Å². The van der Waals surface area contributed by atoms with E-state index in [-0.39, 0.29) is 25.9 Å². The number of carbonyl (C=O) groups excluding carboxylic acids is 2. The van der Waals surface area contributed by atoms with Gasteiger partial charge in [0.15, 0.2) is 0 Å². The number of hydrogen-bond acceptors (Lipinski definition) is 5. The van der Waals surface area contributed by atoms with Gasteiger partial charge in [-0.05, 0) is 5.37 Å². The van der Waals surface area contributed by atoms with Crippen molar-refractivity contribution in [1.29, 1.82) is 0 Å². The van der Waals surface area contributed by atoms with E-state index in [1.807, 2.05) is 0 Å². The van der Waals surface area contributed by atoms with Gasteiger partial charge in [0.25, 0.3) is 0 Å². The quantitative estimate of drug-likeness (QED) is 0.229. The normalized spacial score (nSPS) is 11.7. The number of nitrogens with one attached hydrogen (secondary N) is 2. The van der Waals surface area contributed by atoms with E-state index in [0.717, 1.165) is 0 Å². The van der Waals surface area contributed by atoms with Gasteiger partial charge in [-0.25, -0.2) is 4.79 Å². The predicted molar refractivity (Wildman–Crippen MR) is 57.9 cm³/mol. The summed E-state index contributed by atoms with van der Waals surface area (Å²) in [6, 6.07) is -0.982. The molecule has 0 aromatic carbocycles. The SMILES string of the molecule is NC(=O)CC(C=S)NCOCNC(N)=O. The van der Waals surface area contributed by atoms with Crippen LogP contribution < -0.4 is 22.1 Å². The molecule has 0 saturated heterocycles. The molecular formula is C7H14N4O3S. The van der Waals surface area contributed by atoms with Crippen LogP contribution in [0, 0.1) is 0 Å². The van der Waals surface area contributed by atoms with Gasteiger partial charge in [-0.15, -0.1) is 0 Å². The molecule has 0 aromatic rings. The van der Waals surface area contributed by atoms with Crippen molar-refractivity contribution in [1.82, 2.24) is 10.6 Å². The zero-order chi connectivity index (χ0) is 11.7. The van der Waals surface area contributed by atoms with Crippen molar-refractivity contribution >= 4 is 29.5 Å². The van der Waals surface area contributed by atoms with Crippen molar-refractivity contribution < 1.29 is 14.3 Å². The van der Waals surface area contributed by atoms with Crippen molar-refractivity contribution in [2.75, 3.05) is 13.5 Å². The molecule has 0 bridgehead atoms. The lowest BCUT2D eigenvalue weighted by Crippen LogP contribution is -2.38. The van der Waals surface area contributed by atoms with Gasteiger partial charge in [0.05, 0.1) is 6.73 Å². The highest BCUT2D eigenvalue weighted by Crippen LogP contribution is 1.87. The van der Waals surface area contributed by atoms with E-state index in [1.54, 1.807) is 0 Å². The maximum atomic E-state index is 10.5. The van der Waals surface area contributed by atoms with Gasteiger partial charge in [-0.3, -0.25) is 10.1 Å². The number of ether oxygens (including phenoxy) is 1. The van der Waals surface area contributed by atoms with Crippen LogP contribution in [0.3, 0.4) is 0 Å². The van der Waals surface area contributed by atoms with Crippen LogP contribution in [0.4, 0.5) is 4.79 Å². The summed E-state index contributed by atoms with van der Waals surface area (Å²) in [6.07, 6.45) is 0.107. The number of carbonyl (C=O) groups is 2. The Balaban J connectivity index is 3.50. The van der Waals surface area contributed by atoms with Crippen LogP contribution in [0.1, 0.15) is 6.42 Å². The third-order valence-corrected chi connectivity index (χ3v) is 1.71. The third kappa shape index (κ3) is 9.06. The largest absolute Gasteiger partial charge is 0.370 e. The van der Waals surface area contributed by atoms with Crippen LogP contribution >= 0.6 is 12.2 Å². The second-order valence-electron chi connectivity index (χ2n) is 2.65. The first kappa shape index (κ1) is 13.8. The van der Waals surface area contributed by atoms with Crippen LogP contribution in [-0.4, -0.2) is 36.8 Å². The Bertz CT molecular complexity index is 236. The van der Waals surface area contributed by atoms with Crippen molar-refractivity contribution in [2.45, 2.75) is 12.5 Å². The lowest BCUT2D eigenvalue weighted by molar-refractivity contribution is -0.118. The summed E-state index contributed by atoms with van der Waals surface area (Å²) in [5.74, 6) is -0.455. The molecule has 0 spiro atoms. The zero-order valence-electron chi connectivity index (χ0n) is 8.06. The summed E-state index contributed by atoms with van der Waals surface area (Å²) in [7, 11) is 0. The van der Waals surface area contributed by atoms with Gasteiger partial charge >= 0.3 is 6.03 Å². The number of hydrogen-bond donors (Lipinski definition) is 4. The van der Waals surface area contributed by atoms with Crippen molar-refractivity contribution in [3.05, 3.63) is 0 Å². The Morgan fingerprint density at radius 2 is 2.07 bits per heavy atom. The van der Waals surface area contributed by atoms with Crippen molar-refractivity contribution in [3.8, 4) is 0 Å². The molecule has 0 heterocycles. The summed E-state index contributed by atoms with van der Waals surface area (Å²) in [5, 5.41) is 6.41. The van der Waals surface area contributed by atoms with Crippen LogP contribution in [-0.2, 0) is 9.53 Å². The predicted octanol–water partition coefficient (Wildman–Crippen LogP) is -1.58. The third-order valence-electron chi connectivity index (χ3n) is 1.38. The van der Waals surface area contributed by atoms with Crippen LogP contribution in [0.25, 0.3) is 0 Å². The van der Waals surface area contributed by atoms with E-state index in [4.69, 9.17) is 16.2 Å². The minimum atomic E-state index is -0.668. The molecule has 7 nitrogen and oxygen atoms in total. The molecule has 0 aliphatic rings. The lowest BCUT2D eigenvalue weighted by Gasteiger charge is -2.12. The fourth-order valence-corrected chi connectivity index (χ4v) is 0.917. The molecule has 0 aliphatic carbocycles. The monoisotopic (exact) mass is 234 g/mol. The van der Waals surface area contributed by atoms with E-state index < -0.39 is 11.9 Å². The number of thiocarbonyl (C=S) groups is 1. The molecule has 0 aliphatic heterocycles. The highest BCUT2D eigenvalue weighted by atomic mass is 32.1. The fraction of sp³-hybridized carbons (Fsp3) is 0.571. The molecule has 8 heteroatoms. The van der Waals surface area contributed by atoms with Crippen LogP contribution in [0.5, 0.6) is 0 Å². The van der Waals surface area contributed by atoms with Gasteiger partial charge in [-0.2, -0.15) is 0 Å². The van der Waals surface area contributed by atoms with Gasteiger partial charge in [-0.1, -0.05) is 12.2 Å². The topological polar surface area (TPSA) is 119 Å². The van der Waals surface area contributed by atoms with E-state index in [1.165, 1.54) is 5.37 Å². The van der Waals surface area contributed by atoms with E-state index in [2.05, 4.69) is 22.9 Å². The number of rotatable bonds is 8. The van der Waals surface area contributed by atoms with Gasteiger partial charge in [0, 0.05) is 12.5 Å². The van der Waals surface area contributed by atoms with Gasteiger partial charge in [0.2, 0.25) is 5.91 Å². The number of urea groups is 1. The number of nitrogens with two attached hydrogens (primary N) is 2. The van der Waals surface area contributed by atoms with Gasteiger partial charge < -0.3 is 21.5 Å². The maximum absolute atomic E-state index is 10.5. The summed E-state index contributed by atoms with van der Waals surface area (Å²) >= 11 is 4.67. The first-order valence-electron chi connectivity index (χ1n) is 4.14. The standard InChI is InChI=1S/C7H14N4O3S/c8-6(12)1-5(2-15)10-3-14-4-11-7(9)13/h2,5,10H,1,3-4H2,(H2,8,12)(H3,9,11,13). The molecule has 0 fully saturated rings. The Hall–Kier alpha value is -1.25. The van der Waals surface area contributed by atoms with Crippen molar-refractivity contribution in [3.63, 3.8) is 0 Å². The molecule has 0 saturated carbocycles. The Kier molecular flexibility index (Phi) is 7.42. The molecule has 1 atom stereocenters. The first-order chi connectivity index (χ1) is 7.06. The molecule has 0 rings (SSSR count). The molecule has 0 radical (unpaired) electrons. The Labute approximate surface area is 92.5 Å². The maximum Gasteiger partial charge on any atom is 0.313 e. The Morgan fingerprint density at radius 1 is 1.40 bits per heavy atom. The smallest absolute Gasteiger partial charge is 0.313 e. The highest BCUT2D eigenvalue weighted by molar-refractivity contribution is 7.79. The minimum Gasteiger partial charge on any atom is -0.370 e. The molecule has 15 heavy (non-hydrogen) atoms. The molecular weight excluding hydrogens is 220 g/mol. The summed E-state index contributed by atoms with van der Waals surface area (Å²) in [6.45, 7) is 0.119. The number of amides is 3. The molecule has 86 valence electrons. The van der Waals surface area contributed by atoms with Crippen molar-refractivity contribution in [2.24, 2.45) is 11.5 Å². The minimum absolute atomic E-state index is 0.0109. The highest BCUT2D eigenvalue weighted by Gasteiger charge is 2.07. The second kappa shape index (κ2) is 8.09. The molecule has 0 aromatic heterocycles. The zero-order valence-corrected chi connectivity index (χ0v) is 8.88. The number of primary amides is 2. The fourth-order valence-electron chi connectivity index (χ4n) is 0.724. The molecule has 3 amide bonds.